The molecular formula is C20H27FIN3O2S. The molecule has 0 atom stereocenters. The van der Waals surface area contributed by atoms with E-state index in [1.165, 1.54) is 12.1 Å². The SMILES string of the molecule is CN=C(NCCCS(=O)(=O)Cc1ccccc1)NCCc1ccc(F)cc1.I. The van der Waals surface area contributed by atoms with Gasteiger partial charge >= 0.3 is 0 Å². The van der Waals surface area contributed by atoms with Gasteiger partial charge in [-0.3, -0.25) is 4.99 Å². The number of nitrogens with zero attached hydrogens (tertiary/aromatic N) is 1. The van der Waals surface area contributed by atoms with E-state index >= 15 is 0 Å². The van der Waals surface area contributed by atoms with Crippen LogP contribution in [0.1, 0.15) is 17.5 Å². The Balaban J connectivity index is 0.00000392. The number of nitrogens with one attached hydrogen (secondary N) is 2. The molecule has 0 aliphatic carbocycles. The predicted octanol–water partition coefficient (Wildman–Crippen LogP) is 3.16. The van der Waals surface area contributed by atoms with Crippen molar-refractivity contribution < 1.29 is 12.8 Å². The summed E-state index contributed by atoms with van der Waals surface area (Å²) in [6.45, 7) is 1.17. The van der Waals surface area contributed by atoms with E-state index in [1.54, 1.807) is 19.2 Å². The summed E-state index contributed by atoms with van der Waals surface area (Å²) in [6.07, 6.45) is 1.25. The lowest BCUT2D eigenvalue weighted by Gasteiger charge is -2.12. The summed E-state index contributed by atoms with van der Waals surface area (Å²) < 4.78 is 37.2. The molecule has 2 aromatic rings. The zero-order valence-electron chi connectivity index (χ0n) is 15.9. The Morgan fingerprint density at radius 1 is 0.964 bits per heavy atom. The van der Waals surface area contributed by atoms with E-state index in [1.807, 2.05) is 30.3 Å². The fraction of sp³-hybridized carbons (Fsp3) is 0.350. The Kier molecular flexibility index (Phi) is 11.1. The normalized spacial score (nSPS) is 11.6. The average molecular weight is 519 g/mol. The maximum Gasteiger partial charge on any atom is 0.190 e. The Bertz CT molecular complexity index is 828. The molecule has 154 valence electrons. The van der Waals surface area contributed by atoms with Crippen LogP contribution in [0, 0.1) is 5.82 Å². The van der Waals surface area contributed by atoms with E-state index in [4.69, 9.17) is 0 Å². The molecular weight excluding hydrogens is 492 g/mol. The molecule has 0 amide bonds. The van der Waals surface area contributed by atoms with E-state index in [2.05, 4.69) is 15.6 Å². The van der Waals surface area contributed by atoms with Crippen LogP contribution in [-0.2, 0) is 22.0 Å². The number of aliphatic imine (C=N–C) groups is 1. The molecule has 0 fully saturated rings. The van der Waals surface area contributed by atoms with Gasteiger partial charge in [0.2, 0.25) is 0 Å². The first-order valence-corrected chi connectivity index (χ1v) is 10.7. The van der Waals surface area contributed by atoms with Crippen molar-refractivity contribution in [3.8, 4) is 0 Å². The van der Waals surface area contributed by atoms with Gasteiger partial charge in [0.05, 0.1) is 11.5 Å². The van der Waals surface area contributed by atoms with Gasteiger partial charge in [0.25, 0.3) is 0 Å². The molecule has 0 aliphatic heterocycles. The minimum atomic E-state index is -3.13. The minimum absolute atomic E-state index is 0. The van der Waals surface area contributed by atoms with Gasteiger partial charge in [0.15, 0.2) is 15.8 Å². The van der Waals surface area contributed by atoms with E-state index in [0.717, 1.165) is 17.5 Å². The van der Waals surface area contributed by atoms with Crippen LogP contribution in [0.2, 0.25) is 0 Å². The third-order valence-corrected chi connectivity index (χ3v) is 5.68. The molecule has 28 heavy (non-hydrogen) atoms. The molecule has 0 saturated carbocycles. The van der Waals surface area contributed by atoms with Gasteiger partial charge in [0, 0.05) is 20.1 Å². The number of halogens is 2. The molecule has 2 N–H and O–H groups in total. The van der Waals surface area contributed by atoms with Crippen molar-refractivity contribution >= 4 is 39.8 Å². The van der Waals surface area contributed by atoms with Crippen molar-refractivity contribution in [3.05, 3.63) is 71.5 Å². The van der Waals surface area contributed by atoms with E-state index in [0.29, 0.717) is 25.5 Å². The highest BCUT2D eigenvalue weighted by Gasteiger charge is 2.11. The van der Waals surface area contributed by atoms with E-state index < -0.39 is 9.84 Å². The Morgan fingerprint density at radius 3 is 2.25 bits per heavy atom. The summed E-state index contributed by atoms with van der Waals surface area (Å²) in [5, 5.41) is 6.28. The highest BCUT2D eigenvalue weighted by Crippen LogP contribution is 2.07. The number of rotatable bonds is 9. The Morgan fingerprint density at radius 2 is 1.61 bits per heavy atom. The quantitative estimate of drug-likeness (QED) is 0.231. The Labute approximate surface area is 183 Å². The number of hydrogen-bond acceptors (Lipinski definition) is 3. The lowest BCUT2D eigenvalue weighted by Crippen LogP contribution is -2.39. The van der Waals surface area contributed by atoms with Gasteiger partial charge < -0.3 is 10.6 Å². The fourth-order valence-electron chi connectivity index (χ4n) is 2.60. The van der Waals surface area contributed by atoms with Gasteiger partial charge in [0.1, 0.15) is 5.82 Å². The average Bonchev–Trinajstić information content (AvgIpc) is 2.65. The van der Waals surface area contributed by atoms with Crippen LogP contribution >= 0.6 is 24.0 Å². The topological polar surface area (TPSA) is 70.6 Å². The lowest BCUT2D eigenvalue weighted by molar-refractivity contribution is 0.591. The van der Waals surface area contributed by atoms with Crippen molar-refractivity contribution in [2.45, 2.75) is 18.6 Å². The highest BCUT2D eigenvalue weighted by atomic mass is 127. The zero-order valence-corrected chi connectivity index (χ0v) is 19.0. The largest absolute Gasteiger partial charge is 0.356 e. The molecule has 5 nitrogen and oxygen atoms in total. The number of hydrogen-bond donors (Lipinski definition) is 2. The van der Waals surface area contributed by atoms with Crippen LogP contribution in [0.15, 0.2) is 59.6 Å². The maximum atomic E-state index is 12.9. The minimum Gasteiger partial charge on any atom is -0.356 e. The molecule has 0 bridgehead atoms. The van der Waals surface area contributed by atoms with Gasteiger partial charge in [-0.25, -0.2) is 12.8 Å². The summed E-state index contributed by atoms with van der Waals surface area (Å²) in [4.78, 5) is 4.12. The summed E-state index contributed by atoms with van der Waals surface area (Å²) in [5.41, 5.74) is 1.84. The summed E-state index contributed by atoms with van der Waals surface area (Å²) in [5.74, 6) is 0.573. The molecule has 0 aliphatic rings. The van der Waals surface area contributed by atoms with Crippen molar-refractivity contribution in [2.75, 3.05) is 25.9 Å². The monoisotopic (exact) mass is 519 g/mol. The van der Waals surface area contributed by atoms with Crippen LogP contribution in [-0.4, -0.2) is 40.3 Å². The maximum absolute atomic E-state index is 12.9. The molecule has 0 spiro atoms. The van der Waals surface area contributed by atoms with E-state index in [-0.39, 0.29) is 41.3 Å². The first kappa shape index (κ1) is 24.4. The van der Waals surface area contributed by atoms with Crippen molar-refractivity contribution in [3.63, 3.8) is 0 Å². The fourth-order valence-corrected chi connectivity index (χ4v) is 4.02. The molecule has 8 heteroatoms. The van der Waals surface area contributed by atoms with Crippen LogP contribution in [0.5, 0.6) is 0 Å². The first-order chi connectivity index (χ1) is 13.0. The van der Waals surface area contributed by atoms with Crippen molar-refractivity contribution in [1.29, 1.82) is 0 Å². The van der Waals surface area contributed by atoms with Crippen LogP contribution in [0.4, 0.5) is 4.39 Å². The molecule has 0 saturated heterocycles. The second-order valence-electron chi connectivity index (χ2n) is 6.23. The molecule has 0 unspecified atom stereocenters. The van der Waals surface area contributed by atoms with Gasteiger partial charge in [-0.15, -0.1) is 24.0 Å². The zero-order chi connectivity index (χ0) is 19.5. The van der Waals surface area contributed by atoms with Crippen LogP contribution < -0.4 is 10.6 Å². The molecule has 0 aromatic heterocycles. The van der Waals surface area contributed by atoms with Gasteiger partial charge in [-0.2, -0.15) is 0 Å². The molecule has 0 radical (unpaired) electrons. The van der Waals surface area contributed by atoms with Crippen LogP contribution in [0.25, 0.3) is 0 Å². The molecule has 0 heterocycles. The van der Waals surface area contributed by atoms with Gasteiger partial charge in [-0.05, 0) is 36.1 Å². The second kappa shape index (κ2) is 12.7. The second-order valence-corrected chi connectivity index (χ2v) is 8.42. The highest BCUT2D eigenvalue weighted by molar-refractivity contribution is 14.0. The number of benzene rings is 2. The third-order valence-electron chi connectivity index (χ3n) is 4.00. The third kappa shape index (κ3) is 9.50. The molecule has 2 aromatic carbocycles. The number of sulfone groups is 1. The van der Waals surface area contributed by atoms with E-state index in [9.17, 15) is 12.8 Å². The predicted molar refractivity (Wildman–Crippen MR) is 123 cm³/mol. The first-order valence-electron chi connectivity index (χ1n) is 8.92. The van der Waals surface area contributed by atoms with Crippen molar-refractivity contribution in [2.24, 2.45) is 4.99 Å². The Hall–Kier alpha value is -1.68. The lowest BCUT2D eigenvalue weighted by atomic mass is 10.1. The number of guanidine groups is 1. The summed E-state index contributed by atoms with van der Waals surface area (Å²) >= 11 is 0. The summed E-state index contributed by atoms with van der Waals surface area (Å²) in [7, 11) is -1.46. The van der Waals surface area contributed by atoms with Crippen molar-refractivity contribution in [1.82, 2.24) is 10.6 Å². The van der Waals surface area contributed by atoms with Crippen LogP contribution in [0.3, 0.4) is 0 Å². The standard InChI is InChI=1S/C20H26FN3O2S.HI/c1-22-20(24-14-12-17-8-10-19(21)11-9-17)23-13-5-15-27(25,26)16-18-6-3-2-4-7-18;/h2-4,6-11H,5,12-16H2,1H3,(H2,22,23,24);1H. The molecule has 2 rings (SSSR count). The smallest absolute Gasteiger partial charge is 0.190 e. The summed E-state index contributed by atoms with van der Waals surface area (Å²) in [6, 6.07) is 15.6. The van der Waals surface area contributed by atoms with Gasteiger partial charge in [-0.1, -0.05) is 42.5 Å².